The predicted molar refractivity (Wildman–Crippen MR) is 118 cm³/mol. The van der Waals surface area contributed by atoms with Crippen molar-refractivity contribution in [3.05, 3.63) is 88.7 Å². The Balaban J connectivity index is 1.33. The van der Waals surface area contributed by atoms with Crippen LogP contribution in [0.25, 0.3) is 17.3 Å². The number of thioether (sulfide) groups is 1. The van der Waals surface area contributed by atoms with Gasteiger partial charge in [0.15, 0.2) is 0 Å². The molecule has 1 aromatic heterocycles. The first kappa shape index (κ1) is 20.6. The molecule has 3 amide bonds. The van der Waals surface area contributed by atoms with E-state index >= 15 is 0 Å². The first-order chi connectivity index (χ1) is 15.0. The number of aromatic nitrogens is 1. The van der Waals surface area contributed by atoms with Crippen LogP contribution < -0.4 is 5.32 Å². The second-order valence-corrected chi connectivity index (χ2v) is 7.79. The standard InChI is InChI=1S/C23H18FN3O3S/c24-17-8-6-15(7-9-17)14-20-22(29)27(23(30)31-20)13-12-25-21(28)19-11-10-18(26-19)16-4-2-1-3-5-16/h1-11,14,26H,12-13H2,(H,25,28)/b20-14-. The smallest absolute Gasteiger partial charge is 0.293 e. The molecule has 156 valence electrons. The van der Waals surface area contributed by atoms with Crippen LogP contribution >= 0.6 is 11.8 Å². The molecule has 6 nitrogen and oxygen atoms in total. The molecular formula is C23H18FN3O3S. The molecule has 31 heavy (non-hydrogen) atoms. The van der Waals surface area contributed by atoms with Crippen molar-refractivity contribution in [2.45, 2.75) is 0 Å². The predicted octanol–water partition coefficient (Wildman–Crippen LogP) is 4.29. The molecule has 0 atom stereocenters. The first-order valence-corrected chi connectivity index (χ1v) is 10.4. The summed E-state index contributed by atoms with van der Waals surface area (Å²) in [6.07, 6.45) is 1.55. The summed E-state index contributed by atoms with van der Waals surface area (Å²) in [4.78, 5) is 41.5. The van der Waals surface area contributed by atoms with Crippen LogP contribution in [0.5, 0.6) is 0 Å². The Bertz CT molecular complexity index is 1160. The van der Waals surface area contributed by atoms with E-state index in [1.807, 2.05) is 36.4 Å². The Kier molecular flexibility index (Phi) is 5.99. The fraction of sp³-hybridized carbons (Fsp3) is 0.0870. The summed E-state index contributed by atoms with van der Waals surface area (Å²) < 4.78 is 13.0. The number of hydrogen-bond acceptors (Lipinski definition) is 4. The topological polar surface area (TPSA) is 82.3 Å². The maximum Gasteiger partial charge on any atom is 0.293 e. The Labute approximate surface area is 182 Å². The zero-order chi connectivity index (χ0) is 21.8. The number of carbonyl (C=O) groups excluding carboxylic acids is 3. The summed E-state index contributed by atoms with van der Waals surface area (Å²) in [6, 6.07) is 18.8. The normalized spacial score (nSPS) is 15.0. The largest absolute Gasteiger partial charge is 0.351 e. The van der Waals surface area contributed by atoms with Gasteiger partial charge in [-0.2, -0.15) is 0 Å². The summed E-state index contributed by atoms with van der Waals surface area (Å²) in [5, 5.41) is 2.31. The van der Waals surface area contributed by atoms with Crippen LogP contribution in [-0.4, -0.2) is 40.0 Å². The number of hydrogen-bond donors (Lipinski definition) is 2. The van der Waals surface area contributed by atoms with Crippen LogP contribution in [0.4, 0.5) is 9.18 Å². The molecule has 2 heterocycles. The number of nitrogens with one attached hydrogen (secondary N) is 2. The second-order valence-electron chi connectivity index (χ2n) is 6.79. The van der Waals surface area contributed by atoms with Crippen LogP contribution in [-0.2, 0) is 4.79 Å². The lowest BCUT2D eigenvalue weighted by molar-refractivity contribution is -0.122. The number of aromatic amines is 1. The van der Waals surface area contributed by atoms with E-state index in [9.17, 15) is 18.8 Å². The lowest BCUT2D eigenvalue weighted by Crippen LogP contribution is -2.37. The molecule has 4 rings (SSSR count). The van der Waals surface area contributed by atoms with E-state index in [1.165, 1.54) is 24.3 Å². The van der Waals surface area contributed by atoms with Gasteiger partial charge in [0.2, 0.25) is 0 Å². The van der Waals surface area contributed by atoms with Crippen molar-refractivity contribution in [2.75, 3.05) is 13.1 Å². The van der Waals surface area contributed by atoms with Crippen molar-refractivity contribution in [1.82, 2.24) is 15.2 Å². The second kappa shape index (κ2) is 9.01. The number of rotatable bonds is 6. The highest BCUT2D eigenvalue weighted by Gasteiger charge is 2.34. The van der Waals surface area contributed by atoms with E-state index in [0.29, 0.717) is 11.3 Å². The molecule has 0 unspecified atom stereocenters. The summed E-state index contributed by atoms with van der Waals surface area (Å²) >= 11 is 0.823. The Morgan fingerprint density at radius 1 is 1.03 bits per heavy atom. The zero-order valence-corrected chi connectivity index (χ0v) is 17.1. The van der Waals surface area contributed by atoms with Gasteiger partial charge < -0.3 is 10.3 Å². The average molecular weight is 435 g/mol. The molecule has 2 aromatic carbocycles. The van der Waals surface area contributed by atoms with Crippen molar-refractivity contribution in [1.29, 1.82) is 0 Å². The Morgan fingerprint density at radius 2 is 1.77 bits per heavy atom. The molecular weight excluding hydrogens is 417 g/mol. The number of nitrogens with zero attached hydrogens (tertiary/aromatic N) is 1. The third-order valence-electron chi connectivity index (χ3n) is 4.68. The molecule has 8 heteroatoms. The number of benzene rings is 2. The van der Waals surface area contributed by atoms with Gasteiger partial charge in [-0.25, -0.2) is 4.39 Å². The third kappa shape index (κ3) is 4.75. The maximum absolute atomic E-state index is 13.0. The molecule has 0 bridgehead atoms. The Hall–Kier alpha value is -3.65. The van der Waals surface area contributed by atoms with Crippen LogP contribution in [0.3, 0.4) is 0 Å². The molecule has 1 aliphatic rings. The minimum atomic E-state index is -0.431. The highest BCUT2D eigenvalue weighted by molar-refractivity contribution is 8.18. The van der Waals surface area contributed by atoms with Crippen LogP contribution in [0.15, 0.2) is 71.6 Å². The quantitative estimate of drug-likeness (QED) is 0.566. The highest BCUT2D eigenvalue weighted by atomic mass is 32.2. The van der Waals surface area contributed by atoms with Gasteiger partial charge in [-0.3, -0.25) is 19.3 Å². The Morgan fingerprint density at radius 3 is 2.52 bits per heavy atom. The average Bonchev–Trinajstić information content (AvgIpc) is 3.37. The molecule has 1 aliphatic heterocycles. The van der Waals surface area contributed by atoms with E-state index in [2.05, 4.69) is 10.3 Å². The molecule has 0 saturated carbocycles. The molecule has 2 N–H and O–H groups in total. The SMILES string of the molecule is O=C(NCCN1C(=O)S/C(=C\c2ccc(F)cc2)C1=O)c1ccc(-c2ccccc2)[nH]1. The van der Waals surface area contributed by atoms with Gasteiger partial charge in [0.05, 0.1) is 4.91 Å². The lowest BCUT2D eigenvalue weighted by Gasteiger charge is -2.12. The molecule has 0 spiro atoms. The van der Waals surface area contributed by atoms with Crippen molar-refractivity contribution in [3.63, 3.8) is 0 Å². The lowest BCUT2D eigenvalue weighted by atomic mass is 10.2. The van der Waals surface area contributed by atoms with Crippen LogP contribution in [0.1, 0.15) is 16.1 Å². The van der Waals surface area contributed by atoms with Gasteiger partial charge in [-0.05, 0) is 53.2 Å². The van der Waals surface area contributed by atoms with E-state index in [-0.39, 0.29) is 29.7 Å². The van der Waals surface area contributed by atoms with Crippen molar-refractivity contribution < 1.29 is 18.8 Å². The van der Waals surface area contributed by atoms with E-state index < -0.39 is 11.1 Å². The maximum atomic E-state index is 13.0. The van der Waals surface area contributed by atoms with E-state index in [4.69, 9.17) is 0 Å². The monoisotopic (exact) mass is 435 g/mol. The first-order valence-electron chi connectivity index (χ1n) is 9.55. The van der Waals surface area contributed by atoms with Gasteiger partial charge in [0.25, 0.3) is 17.1 Å². The third-order valence-corrected chi connectivity index (χ3v) is 5.59. The van der Waals surface area contributed by atoms with Crippen molar-refractivity contribution >= 4 is 34.9 Å². The fourth-order valence-electron chi connectivity index (χ4n) is 3.09. The molecule has 0 aliphatic carbocycles. The molecule has 3 aromatic rings. The van der Waals surface area contributed by atoms with E-state index in [1.54, 1.807) is 12.1 Å². The molecule has 0 radical (unpaired) electrons. The van der Waals surface area contributed by atoms with Gasteiger partial charge in [0.1, 0.15) is 11.5 Å². The summed E-state index contributed by atoms with van der Waals surface area (Å²) in [7, 11) is 0. The van der Waals surface area contributed by atoms with Gasteiger partial charge in [-0.1, -0.05) is 42.5 Å². The number of halogens is 1. The van der Waals surface area contributed by atoms with Gasteiger partial charge >= 0.3 is 0 Å². The van der Waals surface area contributed by atoms with Crippen LogP contribution in [0.2, 0.25) is 0 Å². The number of amides is 3. The minimum Gasteiger partial charge on any atom is -0.351 e. The zero-order valence-electron chi connectivity index (χ0n) is 16.3. The van der Waals surface area contributed by atoms with Crippen molar-refractivity contribution in [3.8, 4) is 11.3 Å². The number of imide groups is 1. The van der Waals surface area contributed by atoms with Gasteiger partial charge in [-0.15, -0.1) is 0 Å². The minimum absolute atomic E-state index is 0.0589. The number of carbonyl (C=O) groups is 3. The number of H-pyrrole nitrogens is 1. The molecule has 1 saturated heterocycles. The summed E-state index contributed by atoms with van der Waals surface area (Å²) in [5.74, 6) is -1.13. The molecule has 1 fully saturated rings. The highest BCUT2D eigenvalue weighted by Crippen LogP contribution is 2.31. The summed E-state index contributed by atoms with van der Waals surface area (Å²) in [5.41, 5.74) is 2.81. The summed E-state index contributed by atoms with van der Waals surface area (Å²) in [6.45, 7) is 0.184. The van der Waals surface area contributed by atoms with Crippen LogP contribution in [0, 0.1) is 5.82 Å². The van der Waals surface area contributed by atoms with E-state index in [0.717, 1.165) is 27.9 Å². The fourth-order valence-corrected chi connectivity index (χ4v) is 3.96. The van der Waals surface area contributed by atoms with Crippen molar-refractivity contribution in [2.24, 2.45) is 0 Å². The van der Waals surface area contributed by atoms with Gasteiger partial charge in [0, 0.05) is 18.8 Å².